The van der Waals surface area contributed by atoms with Crippen LogP contribution in [-0.2, 0) is 13.2 Å². The Bertz CT molecular complexity index is 1140. The fourth-order valence-electron chi connectivity index (χ4n) is 2.86. The lowest BCUT2D eigenvalue weighted by Gasteiger charge is -2.15. The van der Waals surface area contributed by atoms with Crippen LogP contribution >= 0.6 is 28.1 Å². The van der Waals surface area contributed by atoms with Crippen molar-refractivity contribution in [3.8, 4) is 17.1 Å². The van der Waals surface area contributed by atoms with Crippen LogP contribution in [-0.4, -0.2) is 19.9 Å². The zero-order valence-corrected chi connectivity index (χ0v) is 17.8. The number of aromatic amines is 1. The lowest BCUT2D eigenvalue weighted by atomic mass is 10.2. The Morgan fingerprint density at radius 2 is 1.86 bits per heavy atom. The monoisotopic (exact) mass is 467 g/mol. The number of H-pyrrole nitrogens is 1. The summed E-state index contributed by atoms with van der Waals surface area (Å²) in [4.78, 5) is 4.05. The van der Waals surface area contributed by atoms with Gasteiger partial charge in [0.2, 0.25) is 4.77 Å². The Morgan fingerprint density at radius 1 is 1.07 bits per heavy atom. The van der Waals surface area contributed by atoms with Gasteiger partial charge in [-0.15, -0.1) is 0 Å². The highest BCUT2D eigenvalue weighted by Gasteiger charge is 2.11. The molecule has 29 heavy (non-hydrogen) atoms. The molecule has 0 aliphatic heterocycles. The molecule has 2 aromatic carbocycles. The van der Waals surface area contributed by atoms with Crippen molar-refractivity contribution < 1.29 is 4.74 Å². The van der Waals surface area contributed by atoms with Crippen molar-refractivity contribution in [3.63, 3.8) is 0 Å². The SMILES string of the molecule is S=c1[nH]nc(-c2ccncc2)n1NCc1cc(Br)ccc1OCc1ccccc1. The number of nitrogens with zero attached hydrogens (tertiary/aromatic N) is 3. The van der Waals surface area contributed by atoms with Gasteiger partial charge in [-0.3, -0.25) is 4.98 Å². The van der Waals surface area contributed by atoms with Crippen molar-refractivity contribution in [3.05, 3.63) is 93.4 Å². The molecule has 4 aromatic rings. The largest absolute Gasteiger partial charge is 0.489 e. The van der Waals surface area contributed by atoms with E-state index in [1.54, 1.807) is 17.1 Å². The molecule has 0 radical (unpaired) electrons. The summed E-state index contributed by atoms with van der Waals surface area (Å²) in [5, 5.41) is 7.17. The number of halogens is 1. The number of benzene rings is 2. The Balaban J connectivity index is 1.54. The third kappa shape index (κ3) is 4.72. The highest BCUT2D eigenvalue weighted by atomic mass is 79.9. The van der Waals surface area contributed by atoms with Crippen molar-refractivity contribution in [2.75, 3.05) is 5.43 Å². The zero-order chi connectivity index (χ0) is 20.1. The van der Waals surface area contributed by atoms with Crippen molar-refractivity contribution in [1.82, 2.24) is 19.9 Å². The van der Waals surface area contributed by atoms with Crippen LogP contribution in [0.5, 0.6) is 5.75 Å². The predicted octanol–water partition coefficient (Wildman–Crippen LogP) is 5.09. The molecule has 0 atom stereocenters. The van der Waals surface area contributed by atoms with E-state index in [0.717, 1.165) is 26.9 Å². The molecule has 0 fully saturated rings. The number of pyridine rings is 1. The molecule has 0 spiro atoms. The maximum Gasteiger partial charge on any atom is 0.214 e. The molecule has 4 rings (SSSR count). The van der Waals surface area contributed by atoms with Crippen LogP contribution in [0, 0.1) is 4.77 Å². The van der Waals surface area contributed by atoms with Gasteiger partial charge in [-0.05, 0) is 48.1 Å². The minimum atomic E-state index is 0.485. The topological polar surface area (TPSA) is 67.8 Å². The minimum Gasteiger partial charge on any atom is -0.489 e. The molecular weight excluding hydrogens is 450 g/mol. The standard InChI is InChI=1S/C21H18BrN5OS/c22-18-6-7-19(28-14-15-4-2-1-3-5-15)17(12-18)13-24-27-20(25-26-21(27)29)16-8-10-23-11-9-16/h1-12,24H,13-14H2,(H,26,29). The number of hydrogen-bond donors (Lipinski definition) is 2. The Morgan fingerprint density at radius 3 is 2.66 bits per heavy atom. The molecule has 0 unspecified atom stereocenters. The number of hydrogen-bond acceptors (Lipinski definition) is 5. The maximum absolute atomic E-state index is 6.07. The summed E-state index contributed by atoms with van der Waals surface area (Å²) in [7, 11) is 0. The highest BCUT2D eigenvalue weighted by molar-refractivity contribution is 9.10. The van der Waals surface area contributed by atoms with Crippen molar-refractivity contribution in [2.24, 2.45) is 0 Å². The predicted molar refractivity (Wildman–Crippen MR) is 119 cm³/mol. The van der Waals surface area contributed by atoms with Gasteiger partial charge in [-0.25, -0.2) is 9.77 Å². The molecule has 0 aliphatic carbocycles. The van der Waals surface area contributed by atoms with Crippen molar-refractivity contribution in [1.29, 1.82) is 0 Å². The van der Waals surface area contributed by atoms with E-state index >= 15 is 0 Å². The lowest BCUT2D eigenvalue weighted by Crippen LogP contribution is -2.16. The van der Waals surface area contributed by atoms with Gasteiger partial charge in [0.05, 0.1) is 6.54 Å². The molecule has 2 N–H and O–H groups in total. The van der Waals surface area contributed by atoms with E-state index < -0.39 is 0 Å². The molecule has 0 saturated heterocycles. The van der Waals surface area contributed by atoms with Crippen LogP contribution in [0.3, 0.4) is 0 Å². The average molecular weight is 468 g/mol. The first-order chi connectivity index (χ1) is 14.2. The summed E-state index contributed by atoms with van der Waals surface area (Å²) < 4.78 is 9.28. The first kappa shape index (κ1) is 19.4. The maximum atomic E-state index is 6.07. The second kappa shape index (κ2) is 9.02. The number of ether oxygens (including phenoxy) is 1. The number of nitrogens with one attached hydrogen (secondary N) is 2. The van der Waals surface area contributed by atoms with Crippen LogP contribution in [0.1, 0.15) is 11.1 Å². The van der Waals surface area contributed by atoms with Crippen molar-refractivity contribution >= 4 is 28.1 Å². The second-order valence-corrected chi connectivity index (χ2v) is 7.59. The van der Waals surface area contributed by atoms with Crippen LogP contribution < -0.4 is 10.2 Å². The highest BCUT2D eigenvalue weighted by Crippen LogP contribution is 2.25. The van der Waals surface area contributed by atoms with E-state index in [9.17, 15) is 0 Å². The number of aromatic nitrogens is 4. The minimum absolute atomic E-state index is 0.485. The fourth-order valence-corrected chi connectivity index (χ4v) is 3.47. The molecule has 0 saturated carbocycles. The van der Waals surface area contributed by atoms with Gasteiger partial charge >= 0.3 is 0 Å². The molecule has 0 bridgehead atoms. The Kier molecular flexibility index (Phi) is 6.02. The van der Waals surface area contributed by atoms with Crippen LogP contribution in [0.2, 0.25) is 0 Å². The summed E-state index contributed by atoms with van der Waals surface area (Å²) in [5.41, 5.74) is 6.37. The molecule has 0 amide bonds. The van der Waals surface area contributed by atoms with E-state index in [1.807, 2.05) is 60.7 Å². The van der Waals surface area contributed by atoms with E-state index in [1.165, 1.54) is 0 Å². The summed E-state index contributed by atoms with van der Waals surface area (Å²) in [5.74, 6) is 1.50. The molecule has 2 heterocycles. The quantitative estimate of drug-likeness (QED) is 0.370. The van der Waals surface area contributed by atoms with E-state index in [4.69, 9.17) is 17.0 Å². The fraction of sp³-hybridized carbons (Fsp3) is 0.0952. The average Bonchev–Trinajstić information content (AvgIpc) is 3.13. The zero-order valence-electron chi connectivity index (χ0n) is 15.4. The summed E-state index contributed by atoms with van der Waals surface area (Å²) in [6.07, 6.45) is 3.45. The molecule has 146 valence electrons. The lowest BCUT2D eigenvalue weighted by molar-refractivity contribution is 0.303. The number of rotatable bonds is 7. The molecule has 6 nitrogen and oxygen atoms in total. The van der Waals surface area contributed by atoms with E-state index in [-0.39, 0.29) is 0 Å². The molecular formula is C21H18BrN5OS. The van der Waals surface area contributed by atoms with Gasteiger partial charge in [0.1, 0.15) is 12.4 Å². The summed E-state index contributed by atoms with van der Waals surface area (Å²) >= 11 is 8.93. The Labute approximate surface area is 181 Å². The molecule has 8 heteroatoms. The Hall–Kier alpha value is -2.97. The smallest absolute Gasteiger partial charge is 0.214 e. The first-order valence-corrected chi connectivity index (χ1v) is 10.2. The van der Waals surface area contributed by atoms with Crippen LogP contribution in [0.25, 0.3) is 11.4 Å². The van der Waals surface area contributed by atoms with Gasteiger partial charge in [0.25, 0.3) is 0 Å². The van der Waals surface area contributed by atoms with Gasteiger partial charge in [0, 0.05) is 28.0 Å². The third-order valence-corrected chi connectivity index (χ3v) is 5.07. The summed E-state index contributed by atoms with van der Waals surface area (Å²) in [6.45, 7) is 1.01. The normalized spacial score (nSPS) is 10.7. The molecule has 2 aromatic heterocycles. The van der Waals surface area contributed by atoms with E-state index in [2.05, 4.69) is 36.5 Å². The van der Waals surface area contributed by atoms with Crippen LogP contribution in [0.15, 0.2) is 77.5 Å². The van der Waals surface area contributed by atoms with Gasteiger partial charge in [-0.2, -0.15) is 5.10 Å². The van der Waals surface area contributed by atoms with Crippen LogP contribution in [0.4, 0.5) is 0 Å². The second-order valence-electron chi connectivity index (χ2n) is 6.28. The van der Waals surface area contributed by atoms with Gasteiger partial charge < -0.3 is 10.2 Å². The summed E-state index contributed by atoms with van der Waals surface area (Å²) in [6, 6.07) is 19.8. The van der Waals surface area contributed by atoms with Crippen molar-refractivity contribution in [2.45, 2.75) is 13.2 Å². The first-order valence-electron chi connectivity index (χ1n) is 8.97. The third-order valence-electron chi connectivity index (χ3n) is 4.30. The van der Waals surface area contributed by atoms with E-state index in [0.29, 0.717) is 23.7 Å². The van der Waals surface area contributed by atoms with Gasteiger partial charge in [0.15, 0.2) is 5.82 Å². The molecule has 0 aliphatic rings. The van der Waals surface area contributed by atoms with Gasteiger partial charge in [-0.1, -0.05) is 46.3 Å².